The summed E-state index contributed by atoms with van der Waals surface area (Å²) in [6, 6.07) is 3.71. The number of nitrogens with zero attached hydrogens (tertiary/aromatic N) is 1. The summed E-state index contributed by atoms with van der Waals surface area (Å²) in [7, 11) is 0. The molecule has 3 nitrogen and oxygen atoms in total. The number of rotatable bonds is 1. The van der Waals surface area contributed by atoms with E-state index in [0.29, 0.717) is 24.5 Å². The molecule has 0 radical (unpaired) electrons. The summed E-state index contributed by atoms with van der Waals surface area (Å²) in [5.74, 6) is 0.754. The van der Waals surface area contributed by atoms with E-state index in [1.807, 2.05) is 12.1 Å². The molecule has 1 aliphatic rings. The van der Waals surface area contributed by atoms with E-state index in [-0.39, 0.29) is 0 Å². The molecule has 0 atom stereocenters. The second-order valence-corrected chi connectivity index (χ2v) is 3.79. The Hall–Kier alpha value is -1.38. The number of hydrogen-bond donors (Lipinski definition) is 1. The quantitative estimate of drug-likeness (QED) is 0.735. The van der Waals surface area contributed by atoms with E-state index >= 15 is 0 Å². The molecule has 1 aromatic rings. The number of nitrogens with two attached hydrogens (primary N) is 1. The summed E-state index contributed by atoms with van der Waals surface area (Å²) in [6.07, 6.45) is 4.93. The van der Waals surface area contributed by atoms with E-state index < -0.39 is 0 Å². The van der Waals surface area contributed by atoms with Gasteiger partial charge in [0.2, 0.25) is 0 Å². The van der Waals surface area contributed by atoms with Crippen molar-refractivity contribution in [2.45, 2.75) is 31.6 Å². The fourth-order valence-corrected chi connectivity index (χ4v) is 1.98. The predicted molar refractivity (Wildman–Crippen MR) is 54.9 cm³/mol. The van der Waals surface area contributed by atoms with Crippen LogP contribution < -0.4 is 5.73 Å². The molecule has 0 bridgehead atoms. The zero-order valence-corrected chi connectivity index (χ0v) is 8.07. The Morgan fingerprint density at radius 2 is 2.07 bits per heavy atom. The van der Waals surface area contributed by atoms with Gasteiger partial charge in [-0.1, -0.05) is 0 Å². The van der Waals surface area contributed by atoms with E-state index in [0.717, 1.165) is 24.2 Å². The van der Waals surface area contributed by atoms with E-state index in [9.17, 15) is 4.79 Å². The Morgan fingerprint density at radius 3 is 2.71 bits per heavy atom. The van der Waals surface area contributed by atoms with Crippen molar-refractivity contribution in [2.75, 3.05) is 5.73 Å². The van der Waals surface area contributed by atoms with Gasteiger partial charge in [-0.3, -0.25) is 9.78 Å². The lowest BCUT2D eigenvalue weighted by Gasteiger charge is -2.21. The Bertz CT molecular complexity index is 339. The first-order valence-electron chi connectivity index (χ1n) is 4.99. The van der Waals surface area contributed by atoms with E-state index in [1.54, 1.807) is 6.20 Å². The van der Waals surface area contributed by atoms with Crippen molar-refractivity contribution < 1.29 is 4.79 Å². The molecule has 1 aliphatic carbocycles. The van der Waals surface area contributed by atoms with Crippen molar-refractivity contribution in [3.05, 3.63) is 24.0 Å². The van der Waals surface area contributed by atoms with Crippen molar-refractivity contribution in [3.8, 4) is 0 Å². The molecule has 0 aromatic carbocycles. The van der Waals surface area contributed by atoms with Gasteiger partial charge in [0.25, 0.3) is 0 Å². The molecule has 0 amide bonds. The summed E-state index contributed by atoms with van der Waals surface area (Å²) in [5, 5.41) is 0. The smallest absolute Gasteiger partial charge is 0.132 e. The maximum Gasteiger partial charge on any atom is 0.132 e. The minimum absolute atomic E-state index is 0.371. The lowest BCUT2D eigenvalue weighted by atomic mass is 9.85. The van der Waals surface area contributed by atoms with Crippen LogP contribution in [0, 0.1) is 0 Å². The minimum Gasteiger partial charge on any atom is -0.397 e. The maximum absolute atomic E-state index is 11.1. The molecule has 0 aliphatic heterocycles. The van der Waals surface area contributed by atoms with E-state index in [4.69, 9.17) is 5.73 Å². The van der Waals surface area contributed by atoms with Crippen LogP contribution in [0.3, 0.4) is 0 Å². The molecular weight excluding hydrogens is 176 g/mol. The van der Waals surface area contributed by atoms with E-state index in [1.165, 1.54) is 0 Å². The van der Waals surface area contributed by atoms with Gasteiger partial charge < -0.3 is 5.73 Å². The number of carbonyl (C=O) groups excluding carboxylic acids is 1. The van der Waals surface area contributed by atoms with Crippen molar-refractivity contribution in [1.29, 1.82) is 0 Å². The normalized spacial score (nSPS) is 18.4. The molecule has 1 aromatic heterocycles. The number of hydrogen-bond acceptors (Lipinski definition) is 3. The van der Waals surface area contributed by atoms with Gasteiger partial charge in [-0.15, -0.1) is 0 Å². The summed E-state index contributed by atoms with van der Waals surface area (Å²) in [4.78, 5) is 15.4. The highest BCUT2D eigenvalue weighted by atomic mass is 16.1. The molecule has 1 heterocycles. The SMILES string of the molecule is Nc1cccnc1C1CCC(=O)CC1. The Labute approximate surface area is 83.3 Å². The first-order valence-corrected chi connectivity index (χ1v) is 4.99. The molecular formula is C11H14N2O. The van der Waals surface area contributed by atoms with Gasteiger partial charge in [-0.2, -0.15) is 0 Å². The highest BCUT2D eigenvalue weighted by molar-refractivity contribution is 5.79. The fourth-order valence-electron chi connectivity index (χ4n) is 1.98. The molecule has 74 valence electrons. The lowest BCUT2D eigenvalue weighted by Crippen LogP contribution is -2.14. The Balaban J connectivity index is 2.16. The molecule has 14 heavy (non-hydrogen) atoms. The molecule has 0 saturated heterocycles. The molecule has 2 N–H and O–H groups in total. The molecule has 1 saturated carbocycles. The summed E-state index contributed by atoms with van der Waals surface area (Å²) in [5.41, 5.74) is 7.57. The molecule has 0 unspecified atom stereocenters. The first-order chi connectivity index (χ1) is 6.77. The highest BCUT2D eigenvalue weighted by Gasteiger charge is 2.22. The topological polar surface area (TPSA) is 56.0 Å². The van der Waals surface area contributed by atoms with Crippen LogP contribution in [0.4, 0.5) is 5.69 Å². The zero-order valence-electron chi connectivity index (χ0n) is 8.07. The van der Waals surface area contributed by atoms with Gasteiger partial charge in [-0.25, -0.2) is 0 Å². The second kappa shape index (κ2) is 3.78. The third-order valence-corrected chi connectivity index (χ3v) is 2.80. The van der Waals surface area contributed by atoms with Gasteiger partial charge in [0.15, 0.2) is 0 Å². The van der Waals surface area contributed by atoms with Crippen molar-refractivity contribution in [1.82, 2.24) is 4.98 Å². The summed E-state index contributed by atoms with van der Waals surface area (Å²) >= 11 is 0. The standard InChI is InChI=1S/C11H14N2O/c12-10-2-1-7-13-11(10)8-3-5-9(14)6-4-8/h1-2,7-8H,3-6,12H2. The monoisotopic (exact) mass is 190 g/mol. The summed E-state index contributed by atoms with van der Waals surface area (Å²) in [6.45, 7) is 0. The van der Waals surface area contributed by atoms with Crippen LogP contribution in [-0.4, -0.2) is 10.8 Å². The number of ketones is 1. The average molecular weight is 190 g/mol. The number of nitrogen functional groups attached to an aromatic ring is 1. The van der Waals surface area contributed by atoms with Gasteiger partial charge >= 0.3 is 0 Å². The van der Waals surface area contributed by atoms with Crippen molar-refractivity contribution in [2.24, 2.45) is 0 Å². The first kappa shape index (κ1) is 9.19. The van der Waals surface area contributed by atoms with Gasteiger partial charge in [0, 0.05) is 25.0 Å². The van der Waals surface area contributed by atoms with Gasteiger partial charge in [-0.05, 0) is 25.0 Å². The number of anilines is 1. The molecule has 0 spiro atoms. The number of carbonyl (C=O) groups is 1. The minimum atomic E-state index is 0.371. The lowest BCUT2D eigenvalue weighted by molar-refractivity contribution is -0.120. The third kappa shape index (κ3) is 1.76. The van der Waals surface area contributed by atoms with Crippen LogP contribution in [0.5, 0.6) is 0 Å². The van der Waals surface area contributed by atoms with Crippen molar-refractivity contribution >= 4 is 11.5 Å². The molecule has 3 heteroatoms. The van der Waals surface area contributed by atoms with Gasteiger partial charge in [0.05, 0.1) is 11.4 Å². The van der Waals surface area contributed by atoms with Crippen LogP contribution in [0.25, 0.3) is 0 Å². The van der Waals surface area contributed by atoms with Gasteiger partial charge in [0.1, 0.15) is 5.78 Å². The third-order valence-electron chi connectivity index (χ3n) is 2.80. The predicted octanol–water partition coefficient (Wildman–Crippen LogP) is 1.89. The molecule has 2 rings (SSSR count). The second-order valence-electron chi connectivity index (χ2n) is 3.79. The Kier molecular flexibility index (Phi) is 2.48. The number of pyridine rings is 1. The zero-order chi connectivity index (χ0) is 9.97. The highest BCUT2D eigenvalue weighted by Crippen LogP contribution is 2.32. The van der Waals surface area contributed by atoms with Crippen LogP contribution in [0.1, 0.15) is 37.3 Å². The van der Waals surface area contributed by atoms with Crippen LogP contribution in [0.15, 0.2) is 18.3 Å². The largest absolute Gasteiger partial charge is 0.397 e. The summed E-state index contributed by atoms with van der Waals surface area (Å²) < 4.78 is 0. The molecule has 1 fully saturated rings. The van der Waals surface area contributed by atoms with Crippen molar-refractivity contribution in [3.63, 3.8) is 0 Å². The van der Waals surface area contributed by atoms with Crippen LogP contribution in [-0.2, 0) is 4.79 Å². The Morgan fingerprint density at radius 1 is 1.36 bits per heavy atom. The van der Waals surface area contributed by atoms with E-state index in [2.05, 4.69) is 4.98 Å². The maximum atomic E-state index is 11.1. The average Bonchev–Trinajstić information content (AvgIpc) is 2.20. The number of Topliss-reactive ketones (excluding diaryl/α,β-unsaturated/α-hetero) is 1. The number of aromatic nitrogens is 1. The fraction of sp³-hybridized carbons (Fsp3) is 0.455. The van der Waals surface area contributed by atoms with Crippen LogP contribution >= 0.6 is 0 Å². The van der Waals surface area contributed by atoms with Crippen LogP contribution in [0.2, 0.25) is 0 Å².